The van der Waals surface area contributed by atoms with Gasteiger partial charge in [-0.15, -0.1) is 0 Å². The quantitative estimate of drug-likeness (QED) is 0.752. The molecule has 1 heterocycles. The lowest BCUT2D eigenvalue weighted by molar-refractivity contribution is 0.550. The summed E-state index contributed by atoms with van der Waals surface area (Å²) in [6, 6.07) is 4.02. The summed E-state index contributed by atoms with van der Waals surface area (Å²) >= 11 is 0. The van der Waals surface area contributed by atoms with Crippen molar-refractivity contribution in [3.05, 3.63) is 33.8 Å². The molecule has 0 aliphatic rings. The van der Waals surface area contributed by atoms with E-state index in [0.29, 0.717) is 11.5 Å². The Bertz CT molecular complexity index is 520. The van der Waals surface area contributed by atoms with Gasteiger partial charge in [-0.3, -0.25) is 4.98 Å². The van der Waals surface area contributed by atoms with E-state index in [1.165, 1.54) is 0 Å². The topological polar surface area (TPSA) is 46.0 Å². The summed E-state index contributed by atoms with van der Waals surface area (Å²) in [6.45, 7) is 6.12. The number of aryl methyl sites for hydroxylation is 1. The molecule has 0 aliphatic carbocycles. The van der Waals surface area contributed by atoms with E-state index in [0.717, 1.165) is 16.6 Å². The highest BCUT2D eigenvalue weighted by atomic mass is 16.4. The van der Waals surface area contributed by atoms with Crippen molar-refractivity contribution in [3.63, 3.8) is 0 Å². The van der Waals surface area contributed by atoms with E-state index in [1.54, 1.807) is 0 Å². The summed E-state index contributed by atoms with van der Waals surface area (Å²) in [7, 11) is 0. The van der Waals surface area contributed by atoms with Crippen LogP contribution in [0.15, 0.2) is 21.3 Å². The minimum Gasteiger partial charge on any atom is -0.408 e. The van der Waals surface area contributed by atoms with Gasteiger partial charge in [-0.05, 0) is 24.0 Å². The van der Waals surface area contributed by atoms with Crippen LogP contribution in [0.5, 0.6) is 0 Å². The molecule has 0 aliphatic heterocycles. The van der Waals surface area contributed by atoms with E-state index >= 15 is 0 Å². The van der Waals surface area contributed by atoms with E-state index < -0.39 is 0 Å². The van der Waals surface area contributed by atoms with Gasteiger partial charge in [0.1, 0.15) is 0 Å². The van der Waals surface area contributed by atoms with Crippen LogP contribution < -0.4 is 5.76 Å². The fraction of sp³-hybridized carbons (Fsp3) is 0.364. The Morgan fingerprint density at radius 3 is 2.71 bits per heavy atom. The van der Waals surface area contributed by atoms with Crippen molar-refractivity contribution in [3.8, 4) is 0 Å². The largest absolute Gasteiger partial charge is 0.417 e. The molecule has 0 unspecified atom stereocenters. The second-order valence-electron chi connectivity index (χ2n) is 3.85. The van der Waals surface area contributed by atoms with E-state index in [-0.39, 0.29) is 5.76 Å². The Labute approximate surface area is 81.7 Å². The molecule has 0 atom stereocenters. The minimum atomic E-state index is -0.379. The van der Waals surface area contributed by atoms with Gasteiger partial charge in [0, 0.05) is 0 Å². The Morgan fingerprint density at radius 1 is 1.36 bits per heavy atom. The van der Waals surface area contributed by atoms with Crippen LogP contribution in [0.3, 0.4) is 0 Å². The first-order chi connectivity index (χ1) is 6.59. The molecule has 2 aromatic rings. The Kier molecular flexibility index (Phi) is 1.95. The molecule has 0 spiro atoms. The monoisotopic (exact) mass is 191 g/mol. The molecule has 3 heteroatoms. The molecule has 0 fully saturated rings. The zero-order valence-electron chi connectivity index (χ0n) is 8.55. The van der Waals surface area contributed by atoms with Gasteiger partial charge in [0.2, 0.25) is 0 Å². The number of hydrogen-bond donors (Lipinski definition) is 1. The molecule has 1 aromatic heterocycles. The van der Waals surface area contributed by atoms with Crippen molar-refractivity contribution < 1.29 is 4.42 Å². The predicted octanol–water partition coefficient (Wildman–Crippen LogP) is 2.55. The number of nitrogens with one attached hydrogen (secondary N) is 1. The fourth-order valence-electron chi connectivity index (χ4n) is 1.64. The summed E-state index contributed by atoms with van der Waals surface area (Å²) in [6.07, 6.45) is 0. The normalized spacial score (nSPS) is 11.4. The Morgan fingerprint density at radius 2 is 2.07 bits per heavy atom. The highest BCUT2D eigenvalue weighted by Crippen LogP contribution is 2.25. The first-order valence-corrected chi connectivity index (χ1v) is 4.72. The Hall–Kier alpha value is -1.51. The highest BCUT2D eigenvalue weighted by molar-refractivity contribution is 5.79. The van der Waals surface area contributed by atoms with Crippen molar-refractivity contribution in [2.45, 2.75) is 26.7 Å². The van der Waals surface area contributed by atoms with Gasteiger partial charge < -0.3 is 4.42 Å². The number of benzene rings is 1. The van der Waals surface area contributed by atoms with Crippen LogP contribution in [-0.2, 0) is 0 Å². The number of aromatic amines is 1. The second-order valence-corrected chi connectivity index (χ2v) is 3.85. The first-order valence-electron chi connectivity index (χ1n) is 4.72. The summed E-state index contributed by atoms with van der Waals surface area (Å²) in [5.41, 5.74) is 3.63. The number of oxazole rings is 1. The summed E-state index contributed by atoms with van der Waals surface area (Å²) in [4.78, 5) is 13.8. The third-order valence-corrected chi connectivity index (χ3v) is 2.44. The molecular formula is C11H13NO2. The average molecular weight is 191 g/mol. The van der Waals surface area contributed by atoms with Gasteiger partial charge in [-0.2, -0.15) is 0 Å². The summed E-state index contributed by atoms with van der Waals surface area (Å²) < 4.78 is 5.13. The third-order valence-electron chi connectivity index (χ3n) is 2.44. The standard InChI is InChI=1S/C11H13NO2/c1-6(2)8-5-4-7(3)9-10(8)14-11(13)12-9/h4-6H,1-3H3,(H,12,13). The van der Waals surface area contributed by atoms with Crippen molar-refractivity contribution in [2.75, 3.05) is 0 Å². The minimum absolute atomic E-state index is 0.358. The maximum atomic E-state index is 11.1. The number of fused-ring (bicyclic) bond motifs is 1. The lowest BCUT2D eigenvalue weighted by Gasteiger charge is -2.05. The predicted molar refractivity (Wildman–Crippen MR) is 55.7 cm³/mol. The molecule has 1 aromatic carbocycles. The van der Waals surface area contributed by atoms with Crippen LogP contribution in [0.25, 0.3) is 11.1 Å². The van der Waals surface area contributed by atoms with Gasteiger partial charge >= 0.3 is 5.76 Å². The van der Waals surface area contributed by atoms with Gasteiger partial charge in [-0.1, -0.05) is 26.0 Å². The molecule has 0 amide bonds. The zero-order valence-corrected chi connectivity index (χ0v) is 8.55. The summed E-state index contributed by atoms with van der Waals surface area (Å²) in [5, 5.41) is 0. The molecule has 3 nitrogen and oxygen atoms in total. The molecule has 0 saturated heterocycles. The highest BCUT2D eigenvalue weighted by Gasteiger charge is 2.11. The molecule has 0 saturated carbocycles. The SMILES string of the molecule is Cc1ccc(C(C)C)c2oc(=O)[nH]c12. The van der Waals surface area contributed by atoms with Crippen LogP contribution in [0, 0.1) is 6.92 Å². The van der Waals surface area contributed by atoms with Crippen LogP contribution in [0.4, 0.5) is 0 Å². The fourth-order valence-corrected chi connectivity index (χ4v) is 1.64. The maximum absolute atomic E-state index is 11.1. The second kappa shape index (κ2) is 3.01. The van der Waals surface area contributed by atoms with Crippen molar-refractivity contribution in [2.24, 2.45) is 0 Å². The third kappa shape index (κ3) is 1.25. The lowest BCUT2D eigenvalue weighted by atomic mass is 10.0. The average Bonchev–Trinajstić information content (AvgIpc) is 2.47. The smallest absolute Gasteiger partial charge is 0.408 e. The molecule has 74 valence electrons. The van der Waals surface area contributed by atoms with E-state index in [4.69, 9.17) is 4.42 Å². The molecule has 0 radical (unpaired) electrons. The molecular weight excluding hydrogens is 178 g/mol. The van der Waals surface area contributed by atoms with Gasteiger partial charge in [0.05, 0.1) is 5.52 Å². The zero-order chi connectivity index (χ0) is 10.3. The number of H-pyrrole nitrogens is 1. The van der Waals surface area contributed by atoms with E-state index in [9.17, 15) is 4.79 Å². The molecule has 14 heavy (non-hydrogen) atoms. The van der Waals surface area contributed by atoms with Crippen molar-refractivity contribution in [1.82, 2.24) is 4.98 Å². The maximum Gasteiger partial charge on any atom is 0.417 e. The number of rotatable bonds is 1. The van der Waals surface area contributed by atoms with Crippen LogP contribution in [0.2, 0.25) is 0 Å². The van der Waals surface area contributed by atoms with Crippen molar-refractivity contribution in [1.29, 1.82) is 0 Å². The van der Waals surface area contributed by atoms with E-state index in [1.807, 2.05) is 19.1 Å². The van der Waals surface area contributed by atoms with Crippen LogP contribution >= 0.6 is 0 Å². The molecule has 1 N–H and O–H groups in total. The van der Waals surface area contributed by atoms with Gasteiger partial charge in [0.25, 0.3) is 0 Å². The van der Waals surface area contributed by atoms with Gasteiger partial charge in [0.15, 0.2) is 5.58 Å². The van der Waals surface area contributed by atoms with Crippen LogP contribution in [-0.4, -0.2) is 4.98 Å². The number of hydrogen-bond acceptors (Lipinski definition) is 2. The summed E-state index contributed by atoms with van der Waals surface area (Å²) in [5.74, 6) is -0.0201. The molecule has 0 bridgehead atoms. The van der Waals surface area contributed by atoms with Crippen LogP contribution in [0.1, 0.15) is 30.9 Å². The molecule has 2 rings (SSSR count). The van der Waals surface area contributed by atoms with Gasteiger partial charge in [-0.25, -0.2) is 4.79 Å². The van der Waals surface area contributed by atoms with E-state index in [2.05, 4.69) is 18.8 Å². The first kappa shape index (κ1) is 9.06. The lowest BCUT2D eigenvalue weighted by Crippen LogP contribution is -1.93. The Balaban J connectivity index is 2.87. The van der Waals surface area contributed by atoms with Crippen molar-refractivity contribution >= 4 is 11.1 Å². The number of aromatic nitrogens is 1.